The molecular weight excluding hydrogens is 503 g/mol. The van der Waals surface area contributed by atoms with E-state index >= 15 is 0 Å². The van der Waals surface area contributed by atoms with E-state index in [0.717, 1.165) is 12.1 Å². The van der Waals surface area contributed by atoms with Crippen molar-refractivity contribution in [2.45, 2.75) is 73.9 Å². The molecule has 0 unspecified atom stereocenters. The van der Waals surface area contributed by atoms with Gasteiger partial charge in [0.05, 0.1) is 33.6 Å². The number of aromatic nitrogens is 1. The van der Waals surface area contributed by atoms with Crippen LogP contribution >= 0.6 is 0 Å². The number of carbonyl (C=O) groups is 1. The predicted octanol–water partition coefficient (Wildman–Crippen LogP) is 4.63. The van der Waals surface area contributed by atoms with Crippen LogP contribution in [0.15, 0.2) is 27.6 Å². The number of nitrogens with one attached hydrogen (secondary N) is 1. The van der Waals surface area contributed by atoms with Gasteiger partial charge in [-0.2, -0.15) is 18.4 Å². The Morgan fingerprint density at radius 1 is 1.31 bits per heavy atom. The predicted molar refractivity (Wildman–Crippen MR) is 121 cm³/mol. The molecule has 36 heavy (non-hydrogen) atoms. The molecule has 4 rings (SSSR count). The fourth-order valence-electron chi connectivity index (χ4n) is 4.22. The van der Waals surface area contributed by atoms with E-state index in [1.165, 1.54) is 13.2 Å². The summed E-state index contributed by atoms with van der Waals surface area (Å²) in [5.74, 6) is 0.370. The van der Waals surface area contributed by atoms with Gasteiger partial charge in [0.25, 0.3) is 0 Å². The van der Waals surface area contributed by atoms with Crippen molar-refractivity contribution in [2.24, 2.45) is 0 Å². The van der Waals surface area contributed by atoms with Gasteiger partial charge in [-0.05, 0) is 63.6 Å². The van der Waals surface area contributed by atoms with Gasteiger partial charge in [0.2, 0.25) is 0 Å². The third-order valence-corrected chi connectivity index (χ3v) is 8.61. The van der Waals surface area contributed by atoms with Crippen LogP contribution in [0.5, 0.6) is 0 Å². The third-order valence-electron chi connectivity index (χ3n) is 6.33. The third kappa shape index (κ3) is 5.82. The lowest BCUT2D eigenvalue weighted by Crippen LogP contribution is -2.33. The molecule has 2 aliphatic rings. The number of nitrogens with zero attached hydrogens (tertiary/aromatic N) is 2. The first-order valence-corrected chi connectivity index (χ1v) is 12.6. The van der Waals surface area contributed by atoms with E-state index in [-0.39, 0.29) is 24.5 Å². The first kappa shape index (κ1) is 27.5. The van der Waals surface area contributed by atoms with Gasteiger partial charge in [0.1, 0.15) is 11.3 Å². The monoisotopic (exact) mass is 529 g/mol. The average Bonchev–Trinajstić information content (AvgIpc) is 3.24. The van der Waals surface area contributed by atoms with Gasteiger partial charge in [0.15, 0.2) is 9.84 Å². The molecule has 2 aliphatic carbocycles. The van der Waals surface area contributed by atoms with Crippen LogP contribution in [0.25, 0.3) is 11.1 Å². The number of hydrogen-bond acceptors (Lipinski definition) is 7. The highest BCUT2D eigenvalue weighted by Gasteiger charge is 2.45. The molecule has 0 radical (unpaired) electrons. The molecule has 196 valence electrons. The molecule has 0 aliphatic heterocycles. The number of carboxylic acid groups (broad SMARTS) is 1. The first-order valence-electron chi connectivity index (χ1n) is 11.1. The van der Waals surface area contributed by atoms with Gasteiger partial charge in [-0.25, -0.2) is 13.2 Å². The van der Waals surface area contributed by atoms with E-state index in [4.69, 9.17) is 19.6 Å². The highest BCUT2D eigenvalue weighted by atomic mass is 32.2. The molecular formula is C23H26F3N3O6S. The average molecular weight is 530 g/mol. The zero-order chi connectivity index (χ0) is 26.9. The number of alkyl halides is 3. The van der Waals surface area contributed by atoms with Gasteiger partial charge in [0, 0.05) is 12.7 Å². The molecule has 1 aromatic heterocycles. The van der Waals surface area contributed by atoms with Crippen molar-refractivity contribution in [3.8, 4) is 17.2 Å². The van der Waals surface area contributed by atoms with Crippen LogP contribution in [-0.2, 0) is 20.8 Å². The van der Waals surface area contributed by atoms with Crippen LogP contribution in [0.2, 0.25) is 0 Å². The number of amides is 1. The number of halogens is 3. The van der Waals surface area contributed by atoms with E-state index in [2.05, 4.69) is 10.5 Å². The zero-order valence-corrected chi connectivity index (χ0v) is 20.7. The number of sulfone groups is 1. The lowest BCUT2D eigenvalue weighted by molar-refractivity contribution is -0.139. The molecule has 2 fully saturated rings. The SMILES string of the molecule is CO[C@H]1CC[C@H](S(=O)(=O)c2ccc(-c3c(C)noc3C)cc2C(F)(F)F)C1.N#CC1(NC(=O)O)CC1. The maximum Gasteiger partial charge on any atom is 0.417 e. The summed E-state index contributed by atoms with van der Waals surface area (Å²) in [6.07, 6.45) is -3.89. The normalized spacial score (nSPS) is 20.7. The maximum atomic E-state index is 13.7. The minimum Gasteiger partial charge on any atom is -0.465 e. The van der Waals surface area contributed by atoms with E-state index in [1.807, 2.05) is 6.07 Å². The first-order chi connectivity index (χ1) is 16.7. The second-order valence-electron chi connectivity index (χ2n) is 8.87. The van der Waals surface area contributed by atoms with E-state index in [9.17, 15) is 26.4 Å². The smallest absolute Gasteiger partial charge is 0.417 e. The van der Waals surface area contributed by atoms with Gasteiger partial charge in [-0.1, -0.05) is 11.2 Å². The van der Waals surface area contributed by atoms with Gasteiger partial charge in [-0.3, -0.25) is 0 Å². The largest absolute Gasteiger partial charge is 0.465 e. The number of benzene rings is 1. The molecule has 2 saturated carbocycles. The summed E-state index contributed by atoms with van der Waals surface area (Å²) in [6, 6.07) is 5.17. The summed E-state index contributed by atoms with van der Waals surface area (Å²) in [5.41, 5.74) is -0.800. The minimum absolute atomic E-state index is 0.196. The summed E-state index contributed by atoms with van der Waals surface area (Å²) in [4.78, 5) is 9.26. The quantitative estimate of drug-likeness (QED) is 0.571. The summed E-state index contributed by atoms with van der Waals surface area (Å²) < 4.78 is 77.1. The Labute approximate surface area is 206 Å². The van der Waals surface area contributed by atoms with E-state index < -0.39 is 43.4 Å². The fraction of sp³-hybridized carbons (Fsp3) is 0.522. The van der Waals surface area contributed by atoms with Crippen LogP contribution in [0, 0.1) is 25.2 Å². The maximum absolute atomic E-state index is 13.7. The van der Waals surface area contributed by atoms with Crippen LogP contribution in [0.4, 0.5) is 18.0 Å². The second kappa shape index (κ2) is 10.1. The zero-order valence-electron chi connectivity index (χ0n) is 19.8. The summed E-state index contributed by atoms with van der Waals surface area (Å²) in [5, 5.41) is 21.5. The Balaban J connectivity index is 0.000000338. The summed E-state index contributed by atoms with van der Waals surface area (Å²) in [6.45, 7) is 3.21. The van der Waals surface area contributed by atoms with Crippen molar-refractivity contribution >= 4 is 15.9 Å². The minimum atomic E-state index is -4.81. The molecule has 2 N–H and O–H groups in total. The molecule has 0 bridgehead atoms. The Hall–Kier alpha value is -3.11. The topological polar surface area (TPSA) is 143 Å². The van der Waals surface area contributed by atoms with Crippen molar-refractivity contribution in [2.75, 3.05) is 7.11 Å². The Kier molecular flexibility index (Phi) is 7.71. The number of ether oxygens (including phenoxy) is 1. The lowest BCUT2D eigenvalue weighted by atomic mass is 10.0. The molecule has 1 aromatic carbocycles. The van der Waals surface area contributed by atoms with Crippen LogP contribution in [0.1, 0.15) is 49.1 Å². The molecule has 9 nitrogen and oxygen atoms in total. The van der Waals surface area contributed by atoms with E-state index in [0.29, 0.717) is 36.3 Å². The molecule has 2 aromatic rings. The number of nitriles is 1. The molecule has 13 heteroatoms. The lowest BCUT2D eigenvalue weighted by Gasteiger charge is -2.18. The van der Waals surface area contributed by atoms with Crippen LogP contribution in [-0.4, -0.2) is 48.8 Å². The fourth-order valence-corrected chi connectivity index (χ4v) is 6.23. The van der Waals surface area contributed by atoms with Crippen LogP contribution < -0.4 is 5.32 Å². The molecule has 1 heterocycles. The Morgan fingerprint density at radius 3 is 2.39 bits per heavy atom. The molecule has 2 atom stereocenters. The Bertz CT molecular complexity index is 1260. The highest BCUT2D eigenvalue weighted by molar-refractivity contribution is 7.92. The van der Waals surface area contributed by atoms with Crippen molar-refractivity contribution in [1.82, 2.24) is 10.5 Å². The standard InChI is InChI=1S/C18H20F3NO4S.C5H6N2O2/c1-10-17(11(2)26-22-10)12-4-7-16(15(8-12)18(19,20)21)27(23,24)14-6-5-13(9-14)25-3;6-3-5(1-2-5)7-4(8)9/h4,7-8,13-14H,5-6,9H2,1-3H3;7H,1-2H2,(H,8,9)/t13-,14-;/m0./s1. The second-order valence-corrected chi connectivity index (χ2v) is 11.1. The number of methoxy groups -OCH3 is 1. The highest BCUT2D eigenvalue weighted by Crippen LogP contribution is 2.41. The van der Waals surface area contributed by atoms with Crippen molar-refractivity contribution in [3.63, 3.8) is 0 Å². The summed E-state index contributed by atoms with van der Waals surface area (Å²) >= 11 is 0. The summed E-state index contributed by atoms with van der Waals surface area (Å²) in [7, 11) is -2.67. The van der Waals surface area contributed by atoms with Gasteiger partial charge < -0.3 is 19.7 Å². The number of aryl methyl sites for hydroxylation is 2. The Morgan fingerprint density at radius 2 is 1.97 bits per heavy atom. The van der Waals surface area contributed by atoms with E-state index in [1.54, 1.807) is 13.8 Å². The molecule has 0 spiro atoms. The molecule has 0 saturated heterocycles. The van der Waals surface area contributed by atoms with Gasteiger partial charge >= 0.3 is 12.3 Å². The molecule has 1 amide bonds. The van der Waals surface area contributed by atoms with Crippen molar-refractivity contribution in [1.29, 1.82) is 5.26 Å². The van der Waals surface area contributed by atoms with Crippen molar-refractivity contribution < 1.29 is 40.8 Å². The van der Waals surface area contributed by atoms with Gasteiger partial charge in [-0.15, -0.1) is 0 Å². The number of rotatable bonds is 5. The number of hydrogen-bond donors (Lipinski definition) is 2. The van der Waals surface area contributed by atoms with Crippen molar-refractivity contribution in [3.05, 3.63) is 35.2 Å². The van der Waals surface area contributed by atoms with Crippen LogP contribution in [0.3, 0.4) is 0 Å².